The first kappa shape index (κ1) is 17.2. The lowest BCUT2D eigenvalue weighted by molar-refractivity contribution is 0.0954. The maximum atomic E-state index is 12.3. The third-order valence-electron chi connectivity index (χ3n) is 3.72. The molecule has 3 aromatic rings. The monoisotopic (exact) mass is 352 g/mol. The van der Waals surface area contributed by atoms with E-state index in [1.54, 1.807) is 36.4 Å². The van der Waals surface area contributed by atoms with Gasteiger partial charge in [-0.3, -0.25) is 9.59 Å². The third kappa shape index (κ3) is 3.41. The summed E-state index contributed by atoms with van der Waals surface area (Å²) in [4.78, 5) is 24.5. The quantitative estimate of drug-likeness (QED) is 0.563. The summed E-state index contributed by atoms with van der Waals surface area (Å²) in [5.74, 6) is 0.494. The molecule has 2 aromatic carbocycles. The lowest BCUT2D eigenvalue weighted by Crippen LogP contribution is -2.18. The fourth-order valence-corrected chi connectivity index (χ4v) is 2.38. The van der Waals surface area contributed by atoms with E-state index >= 15 is 0 Å². The molecule has 1 heterocycles. The molecule has 0 radical (unpaired) electrons. The average Bonchev–Trinajstić information content (AvgIpc) is 2.69. The lowest BCUT2D eigenvalue weighted by Gasteiger charge is -2.08. The number of rotatable bonds is 5. The van der Waals surface area contributed by atoms with Crippen LogP contribution in [0.5, 0.6) is 11.5 Å². The minimum Gasteiger partial charge on any atom is -0.493 e. The van der Waals surface area contributed by atoms with Crippen molar-refractivity contribution >= 4 is 23.1 Å². The summed E-state index contributed by atoms with van der Waals surface area (Å²) in [6.07, 6.45) is 2.55. The van der Waals surface area contributed by atoms with Crippen LogP contribution in [0.2, 0.25) is 0 Å². The van der Waals surface area contributed by atoms with Crippen molar-refractivity contribution in [3.8, 4) is 11.5 Å². The van der Waals surface area contributed by atoms with Gasteiger partial charge in [-0.15, -0.1) is 0 Å². The molecule has 0 unspecified atom stereocenters. The highest BCUT2D eigenvalue weighted by molar-refractivity contribution is 5.95. The Morgan fingerprint density at radius 1 is 1.12 bits per heavy atom. The lowest BCUT2D eigenvalue weighted by atomic mass is 10.2. The number of hydrazone groups is 1. The number of carbonyl (C=O) groups is 1. The first-order valence-electron chi connectivity index (χ1n) is 7.70. The molecule has 0 aliphatic heterocycles. The molecule has 0 atom stereocenters. The van der Waals surface area contributed by atoms with Crippen molar-refractivity contribution in [3.05, 3.63) is 70.1 Å². The van der Waals surface area contributed by atoms with Gasteiger partial charge in [-0.2, -0.15) is 5.10 Å². The maximum Gasteiger partial charge on any atom is 0.271 e. The van der Waals surface area contributed by atoms with Crippen LogP contribution in [0.4, 0.5) is 0 Å². The van der Waals surface area contributed by atoms with Gasteiger partial charge in [0.2, 0.25) is 5.43 Å². The molecule has 1 aromatic heterocycles. The highest BCUT2D eigenvalue weighted by atomic mass is 16.5. The summed E-state index contributed by atoms with van der Waals surface area (Å²) < 4.78 is 15.7. The van der Waals surface area contributed by atoms with Crippen LogP contribution in [0.1, 0.15) is 15.9 Å². The van der Waals surface area contributed by atoms with Crippen molar-refractivity contribution in [2.75, 3.05) is 14.2 Å². The Bertz CT molecular complexity index is 1040. The van der Waals surface area contributed by atoms with Gasteiger partial charge in [0.25, 0.3) is 5.91 Å². The van der Waals surface area contributed by atoms with Crippen molar-refractivity contribution in [2.24, 2.45) is 5.10 Å². The standard InChI is InChI=1S/C19H16N2O5/c1-24-16-8-7-12(9-17(16)25-2)19(23)21-20-10-13-11-26-15-6-4-3-5-14(15)18(13)22/h3-11H,1-2H3,(H,21,23). The number of hydrogen-bond donors (Lipinski definition) is 1. The molecule has 1 amide bonds. The smallest absolute Gasteiger partial charge is 0.271 e. The van der Waals surface area contributed by atoms with Gasteiger partial charge in [-0.25, -0.2) is 5.43 Å². The molecular formula is C19H16N2O5. The number of para-hydroxylation sites is 1. The van der Waals surface area contributed by atoms with E-state index in [-0.39, 0.29) is 11.0 Å². The molecular weight excluding hydrogens is 336 g/mol. The highest BCUT2D eigenvalue weighted by Crippen LogP contribution is 2.27. The first-order chi connectivity index (χ1) is 12.6. The fourth-order valence-electron chi connectivity index (χ4n) is 2.38. The zero-order valence-corrected chi connectivity index (χ0v) is 14.2. The number of nitrogens with zero attached hydrogens (tertiary/aromatic N) is 1. The van der Waals surface area contributed by atoms with Crippen molar-refractivity contribution in [1.82, 2.24) is 5.43 Å². The zero-order valence-electron chi connectivity index (χ0n) is 14.2. The normalized spacial score (nSPS) is 10.8. The number of fused-ring (bicyclic) bond motifs is 1. The second-order valence-corrected chi connectivity index (χ2v) is 5.29. The number of carbonyl (C=O) groups excluding carboxylic acids is 1. The third-order valence-corrected chi connectivity index (χ3v) is 3.72. The number of nitrogens with one attached hydrogen (secondary N) is 1. The molecule has 3 rings (SSSR count). The van der Waals surface area contributed by atoms with Crippen molar-refractivity contribution in [2.45, 2.75) is 0 Å². The zero-order chi connectivity index (χ0) is 18.5. The Balaban J connectivity index is 1.77. The molecule has 0 fully saturated rings. The molecule has 0 bridgehead atoms. The molecule has 0 spiro atoms. The van der Waals surface area contributed by atoms with E-state index in [0.29, 0.717) is 28.0 Å². The summed E-state index contributed by atoms with van der Waals surface area (Å²) in [6.45, 7) is 0. The Kier molecular flexibility index (Phi) is 4.98. The van der Waals surface area contributed by atoms with Crippen LogP contribution in [0.25, 0.3) is 11.0 Å². The van der Waals surface area contributed by atoms with Crippen LogP contribution in [0, 0.1) is 0 Å². The molecule has 1 N–H and O–H groups in total. The minimum absolute atomic E-state index is 0.226. The maximum absolute atomic E-state index is 12.3. The predicted octanol–water partition coefficient (Wildman–Crippen LogP) is 2.57. The van der Waals surface area contributed by atoms with Gasteiger partial charge in [0.05, 0.1) is 31.4 Å². The summed E-state index contributed by atoms with van der Waals surface area (Å²) in [5.41, 5.74) is 3.20. The first-order valence-corrected chi connectivity index (χ1v) is 7.70. The Hall–Kier alpha value is -3.61. The molecule has 0 saturated carbocycles. The second-order valence-electron chi connectivity index (χ2n) is 5.29. The number of amides is 1. The summed E-state index contributed by atoms with van der Waals surface area (Å²) in [6, 6.07) is 11.6. The fraction of sp³-hybridized carbons (Fsp3) is 0.105. The number of hydrogen-bond acceptors (Lipinski definition) is 6. The van der Waals surface area contributed by atoms with Crippen LogP contribution < -0.4 is 20.3 Å². The van der Waals surface area contributed by atoms with Crippen LogP contribution in [0.3, 0.4) is 0 Å². The van der Waals surface area contributed by atoms with Crippen LogP contribution in [-0.2, 0) is 0 Å². The molecule has 0 saturated heterocycles. The summed E-state index contributed by atoms with van der Waals surface area (Å²) in [5, 5.41) is 4.27. The van der Waals surface area contributed by atoms with Crippen LogP contribution in [-0.4, -0.2) is 26.3 Å². The molecule has 0 aliphatic carbocycles. The Labute approximate surface area is 148 Å². The van der Waals surface area contributed by atoms with E-state index in [2.05, 4.69) is 10.5 Å². The molecule has 26 heavy (non-hydrogen) atoms. The number of ether oxygens (including phenoxy) is 2. The van der Waals surface area contributed by atoms with Gasteiger partial charge in [-0.05, 0) is 30.3 Å². The summed E-state index contributed by atoms with van der Waals surface area (Å²) >= 11 is 0. The highest BCUT2D eigenvalue weighted by Gasteiger charge is 2.10. The summed E-state index contributed by atoms with van der Waals surface area (Å²) in [7, 11) is 2.99. The molecule has 7 nitrogen and oxygen atoms in total. The van der Waals surface area contributed by atoms with Crippen LogP contribution >= 0.6 is 0 Å². The van der Waals surface area contributed by atoms with Gasteiger partial charge in [0.15, 0.2) is 11.5 Å². The minimum atomic E-state index is -0.452. The molecule has 7 heteroatoms. The second kappa shape index (κ2) is 7.52. The van der Waals surface area contributed by atoms with Gasteiger partial charge in [0, 0.05) is 5.56 Å². The van der Waals surface area contributed by atoms with Crippen molar-refractivity contribution in [1.29, 1.82) is 0 Å². The molecule has 0 aliphatic rings. The van der Waals surface area contributed by atoms with E-state index in [0.717, 1.165) is 0 Å². The van der Waals surface area contributed by atoms with Crippen molar-refractivity contribution in [3.63, 3.8) is 0 Å². The van der Waals surface area contributed by atoms with Gasteiger partial charge in [0.1, 0.15) is 11.8 Å². The van der Waals surface area contributed by atoms with Crippen molar-refractivity contribution < 1.29 is 18.7 Å². The number of methoxy groups -OCH3 is 2. The van der Waals surface area contributed by atoms with E-state index in [4.69, 9.17) is 13.9 Å². The topological polar surface area (TPSA) is 90.1 Å². The molecule has 132 valence electrons. The average molecular weight is 352 g/mol. The van der Waals surface area contributed by atoms with Gasteiger partial charge in [-0.1, -0.05) is 12.1 Å². The van der Waals surface area contributed by atoms with E-state index in [1.165, 1.54) is 32.8 Å². The van der Waals surface area contributed by atoms with E-state index in [9.17, 15) is 9.59 Å². The predicted molar refractivity (Wildman–Crippen MR) is 97.1 cm³/mol. The largest absolute Gasteiger partial charge is 0.493 e. The van der Waals surface area contributed by atoms with Gasteiger partial charge < -0.3 is 13.9 Å². The van der Waals surface area contributed by atoms with Crippen LogP contribution in [0.15, 0.2) is 63.0 Å². The Morgan fingerprint density at radius 2 is 1.88 bits per heavy atom. The Morgan fingerprint density at radius 3 is 2.65 bits per heavy atom. The number of benzene rings is 2. The van der Waals surface area contributed by atoms with E-state index < -0.39 is 5.91 Å². The van der Waals surface area contributed by atoms with E-state index in [1.807, 2.05) is 0 Å². The SMILES string of the molecule is COc1ccc(C(=O)NN=Cc2coc3ccccc3c2=O)cc1OC. The van der Waals surface area contributed by atoms with Gasteiger partial charge >= 0.3 is 0 Å².